The molecule has 3 aromatic rings. The number of nitrogens with one attached hydrogen (secondary N) is 1. The van der Waals surface area contributed by atoms with Gasteiger partial charge in [0.05, 0.1) is 23.9 Å². The summed E-state index contributed by atoms with van der Waals surface area (Å²) in [6.07, 6.45) is 5.38. The van der Waals surface area contributed by atoms with E-state index < -0.39 is 23.2 Å². The third kappa shape index (κ3) is 4.09. The van der Waals surface area contributed by atoms with Gasteiger partial charge in [0.15, 0.2) is 12.4 Å². The van der Waals surface area contributed by atoms with Crippen LogP contribution >= 0.6 is 0 Å². The molecule has 186 valence electrons. The van der Waals surface area contributed by atoms with Crippen molar-refractivity contribution in [3.63, 3.8) is 0 Å². The second-order valence-corrected chi connectivity index (χ2v) is 9.31. The van der Waals surface area contributed by atoms with Gasteiger partial charge in [-0.05, 0) is 63.4 Å². The van der Waals surface area contributed by atoms with Crippen LogP contribution in [0.2, 0.25) is 0 Å². The van der Waals surface area contributed by atoms with Gasteiger partial charge < -0.3 is 4.74 Å². The van der Waals surface area contributed by atoms with Crippen LogP contribution in [0, 0.1) is 19.7 Å². The number of pyridine rings is 1. The minimum atomic E-state index is -0.519. The average Bonchev–Trinajstić information content (AvgIpc) is 3.53. The Kier molecular flexibility index (Phi) is 6.17. The van der Waals surface area contributed by atoms with Crippen molar-refractivity contribution in [3.05, 3.63) is 81.3 Å². The van der Waals surface area contributed by atoms with E-state index in [0.29, 0.717) is 24.4 Å². The topological polar surface area (TPSA) is 88.3 Å². The number of amides is 2. The largest absolute Gasteiger partial charge is 0.376 e. The SMILES string of the molecule is CCc1[nH]n(-c2ccc(F)cc2)c(=O)c1C1=C([n+]2cc(C)cc(C)c2)C(=O)N(C[C@H]2CCCO2)C1=O. The second kappa shape index (κ2) is 9.31. The molecule has 1 atom stereocenters. The fraction of sp³-hybridized carbons (Fsp3) is 0.333. The molecule has 0 aliphatic carbocycles. The Labute approximate surface area is 207 Å². The first-order valence-electron chi connectivity index (χ1n) is 12.1. The van der Waals surface area contributed by atoms with E-state index in [1.54, 1.807) is 17.0 Å². The standard InChI is InChI=1S/C27H27FN4O4/c1-4-21-22(26(34)32(29-21)19-9-7-18(28)8-10-19)23-24(30-13-16(2)12-17(3)14-30)27(35)31(25(23)33)15-20-6-5-11-36-20/h7-10,12-14,20H,4-6,11,15H2,1-3H3/p+1/t20-/m1/s1. The number of nitrogens with zero attached hydrogens (tertiary/aromatic N) is 3. The van der Waals surface area contributed by atoms with Crippen molar-refractivity contribution >= 4 is 23.1 Å². The summed E-state index contributed by atoms with van der Waals surface area (Å²) in [5.74, 6) is -1.41. The van der Waals surface area contributed by atoms with Gasteiger partial charge in [0.2, 0.25) is 0 Å². The number of benzene rings is 1. The molecule has 2 aliphatic heterocycles. The first kappa shape index (κ1) is 23.9. The van der Waals surface area contributed by atoms with Crippen LogP contribution in [-0.4, -0.2) is 45.8 Å². The van der Waals surface area contributed by atoms with Crippen molar-refractivity contribution in [1.29, 1.82) is 0 Å². The molecule has 1 N–H and O–H groups in total. The number of carbonyl (C=O) groups is 2. The molecule has 0 radical (unpaired) electrons. The summed E-state index contributed by atoms with van der Waals surface area (Å²) in [6, 6.07) is 7.46. The highest BCUT2D eigenvalue weighted by atomic mass is 19.1. The number of halogens is 1. The number of aromatic nitrogens is 3. The summed E-state index contributed by atoms with van der Waals surface area (Å²) in [7, 11) is 0. The molecule has 5 rings (SSSR count). The lowest BCUT2D eigenvalue weighted by Gasteiger charge is -2.18. The molecule has 0 saturated carbocycles. The predicted octanol–water partition coefficient (Wildman–Crippen LogP) is 2.69. The summed E-state index contributed by atoms with van der Waals surface area (Å²) in [5, 5.41) is 3.06. The molecule has 0 unspecified atom stereocenters. The van der Waals surface area contributed by atoms with Crippen LogP contribution in [0.5, 0.6) is 0 Å². The number of carbonyl (C=O) groups excluding carboxylic acids is 2. The maximum absolute atomic E-state index is 13.8. The molecule has 9 heteroatoms. The Balaban J connectivity index is 1.72. The van der Waals surface area contributed by atoms with E-state index in [9.17, 15) is 18.8 Å². The smallest absolute Gasteiger partial charge is 0.327 e. The zero-order valence-electron chi connectivity index (χ0n) is 20.5. The minimum absolute atomic E-state index is 0.0620. The zero-order valence-corrected chi connectivity index (χ0v) is 20.5. The highest BCUT2D eigenvalue weighted by molar-refractivity contribution is 6.44. The fourth-order valence-electron chi connectivity index (χ4n) is 4.99. The summed E-state index contributed by atoms with van der Waals surface area (Å²) < 4.78 is 22.1. The van der Waals surface area contributed by atoms with E-state index >= 15 is 0 Å². The second-order valence-electron chi connectivity index (χ2n) is 9.31. The molecule has 1 fully saturated rings. The predicted molar refractivity (Wildman–Crippen MR) is 131 cm³/mol. The van der Waals surface area contributed by atoms with Gasteiger partial charge in [-0.25, -0.2) is 9.07 Å². The van der Waals surface area contributed by atoms with Crippen molar-refractivity contribution in [1.82, 2.24) is 14.7 Å². The van der Waals surface area contributed by atoms with Crippen LogP contribution in [-0.2, 0) is 20.7 Å². The van der Waals surface area contributed by atoms with Crippen LogP contribution in [0.25, 0.3) is 17.0 Å². The van der Waals surface area contributed by atoms with Gasteiger partial charge in [-0.3, -0.25) is 24.4 Å². The molecule has 1 aromatic carbocycles. The van der Waals surface area contributed by atoms with Crippen molar-refractivity contribution in [2.24, 2.45) is 0 Å². The Morgan fingerprint density at radius 1 is 1.08 bits per heavy atom. The van der Waals surface area contributed by atoms with Crippen molar-refractivity contribution in [3.8, 4) is 5.69 Å². The fourth-order valence-corrected chi connectivity index (χ4v) is 4.99. The van der Waals surface area contributed by atoms with Crippen molar-refractivity contribution in [2.45, 2.75) is 46.1 Å². The highest BCUT2D eigenvalue weighted by Gasteiger charge is 2.48. The van der Waals surface area contributed by atoms with Crippen LogP contribution in [0.1, 0.15) is 42.1 Å². The zero-order chi connectivity index (χ0) is 25.6. The maximum atomic E-state index is 13.8. The van der Waals surface area contributed by atoms with Gasteiger partial charge in [-0.15, -0.1) is 0 Å². The lowest BCUT2D eigenvalue weighted by Crippen LogP contribution is -2.42. The van der Waals surface area contributed by atoms with Crippen LogP contribution in [0.4, 0.5) is 4.39 Å². The number of rotatable bonds is 6. The molecule has 2 aromatic heterocycles. The van der Waals surface area contributed by atoms with Crippen molar-refractivity contribution in [2.75, 3.05) is 13.2 Å². The summed E-state index contributed by atoms with van der Waals surface area (Å²) in [5.41, 5.74) is 2.64. The van der Waals surface area contributed by atoms with Crippen LogP contribution < -0.4 is 10.1 Å². The molecule has 36 heavy (non-hydrogen) atoms. The quantitative estimate of drug-likeness (QED) is 0.424. The lowest BCUT2D eigenvalue weighted by molar-refractivity contribution is -0.577. The van der Waals surface area contributed by atoms with E-state index in [2.05, 4.69) is 5.10 Å². The number of imide groups is 1. The Morgan fingerprint density at radius 2 is 1.78 bits per heavy atom. The summed E-state index contributed by atoms with van der Waals surface area (Å²) in [6.45, 7) is 6.41. The van der Waals surface area contributed by atoms with Gasteiger partial charge in [0.25, 0.3) is 17.2 Å². The third-order valence-electron chi connectivity index (χ3n) is 6.61. The number of hydrogen-bond acceptors (Lipinski definition) is 4. The van der Waals surface area contributed by atoms with Gasteiger partial charge >= 0.3 is 5.91 Å². The van der Waals surface area contributed by atoms with Gasteiger partial charge in [0.1, 0.15) is 11.4 Å². The molecule has 4 heterocycles. The average molecular weight is 492 g/mol. The van der Waals surface area contributed by atoms with Gasteiger partial charge in [-0.2, -0.15) is 4.57 Å². The molecule has 1 saturated heterocycles. The third-order valence-corrected chi connectivity index (χ3v) is 6.61. The molecular formula is C27H28FN4O4+. The highest BCUT2D eigenvalue weighted by Crippen LogP contribution is 2.31. The van der Waals surface area contributed by atoms with E-state index in [0.717, 1.165) is 24.0 Å². The van der Waals surface area contributed by atoms with E-state index in [1.807, 2.05) is 26.8 Å². The monoisotopic (exact) mass is 491 g/mol. The molecule has 2 amide bonds. The number of H-pyrrole nitrogens is 1. The Bertz CT molecular complexity index is 1430. The Morgan fingerprint density at radius 3 is 2.39 bits per heavy atom. The first-order valence-corrected chi connectivity index (χ1v) is 12.1. The number of hydrogen-bond donors (Lipinski definition) is 1. The summed E-state index contributed by atoms with van der Waals surface area (Å²) >= 11 is 0. The summed E-state index contributed by atoms with van der Waals surface area (Å²) in [4.78, 5) is 42.5. The normalized spacial score (nSPS) is 18.1. The molecule has 0 spiro atoms. The first-order chi connectivity index (χ1) is 17.3. The number of aromatic amines is 1. The minimum Gasteiger partial charge on any atom is -0.376 e. The van der Waals surface area contributed by atoms with Gasteiger partial charge in [-0.1, -0.05) is 6.92 Å². The number of ether oxygens (including phenoxy) is 1. The van der Waals surface area contributed by atoms with E-state index in [4.69, 9.17) is 4.74 Å². The van der Waals surface area contributed by atoms with Crippen LogP contribution in [0.15, 0.2) is 47.5 Å². The lowest BCUT2D eigenvalue weighted by atomic mass is 10.0. The van der Waals surface area contributed by atoms with E-state index in [1.165, 1.54) is 33.8 Å². The molecular weight excluding hydrogens is 463 g/mol. The van der Waals surface area contributed by atoms with E-state index in [-0.39, 0.29) is 29.5 Å². The molecule has 0 bridgehead atoms. The Hall–Kier alpha value is -3.85. The number of aryl methyl sites for hydroxylation is 3. The van der Waals surface area contributed by atoms with Crippen molar-refractivity contribution < 1.29 is 23.3 Å². The van der Waals surface area contributed by atoms with Gasteiger partial charge in [0, 0.05) is 23.4 Å². The molecule has 8 nitrogen and oxygen atoms in total. The van der Waals surface area contributed by atoms with Crippen LogP contribution in [0.3, 0.4) is 0 Å². The maximum Gasteiger partial charge on any atom is 0.327 e. The molecule has 2 aliphatic rings.